The minimum absolute atomic E-state index is 0.162. The first-order chi connectivity index (χ1) is 11.8. The van der Waals surface area contributed by atoms with Crippen LogP contribution < -0.4 is 5.32 Å². The number of hydrogen-bond donors (Lipinski definition) is 1. The molecule has 3 unspecified atom stereocenters. The largest absolute Gasteiger partial charge is 0.348 e. The second-order valence-electron chi connectivity index (χ2n) is 7.36. The van der Waals surface area contributed by atoms with Crippen LogP contribution >= 0.6 is 23.2 Å². The lowest BCUT2D eigenvalue weighted by Crippen LogP contribution is -2.42. The van der Waals surface area contributed by atoms with E-state index in [-0.39, 0.29) is 32.8 Å². The third kappa shape index (κ3) is 3.88. The Hall–Kier alpha value is -0.650. The van der Waals surface area contributed by atoms with Crippen LogP contribution in [-0.2, 0) is 15.6 Å². The SMILES string of the molecule is CC1(C(NC(=O)C2CCS(=O)C2)c2c(F)ccc(Cl)c2Cl)CCCC1. The second-order valence-corrected chi connectivity index (χ2v) is 9.76. The van der Waals surface area contributed by atoms with Gasteiger partial charge in [-0.1, -0.05) is 43.0 Å². The lowest BCUT2D eigenvalue weighted by Gasteiger charge is -2.36. The molecule has 2 fully saturated rings. The molecule has 0 spiro atoms. The molecule has 1 aromatic carbocycles. The summed E-state index contributed by atoms with van der Waals surface area (Å²) in [7, 11) is -0.940. The van der Waals surface area contributed by atoms with Gasteiger partial charge >= 0.3 is 0 Å². The van der Waals surface area contributed by atoms with Gasteiger partial charge in [0.15, 0.2) is 0 Å². The highest BCUT2D eigenvalue weighted by Gasteiger charge is 2.42. The van der Waals surface area contributed by atoms with Gasteiger partial charge < -0.3 is 5.32 Å². The summed E-state index contributed by atoms with van der Waals surface area (Å²) in [6.07, 6.45) is 4.45. The zero-order valence-corrected chi connectivity index (χ0v) is 16.4. The van der Waals surface area contributed by atoms with E-state index >= 15 is 0 Å². The molecule has 0 aromatic heterocycles. The average molecular weight is 406 g/mol. The van der Waals surface area contributed by atoms with Crippen molar-refractivity contribution in [3.63, 3.8) is 0 Å². The molecule has 3 rings (SSSR count). The van der Waals surface area contributed by atoms with Crippen LogP contribution in [0.3, 0.4) is 0 Å². The Balaban J connectivity index is 1.95. The molecular formula is C18H22Cl2FNO2S. The van der Waals surface area contributed by atoms with E-state index in [1.807, 2.05) is 0 Å². The third-order valence-electron chi connectivity index (χ3n) is 5.55. The van der Waals surface area contributed by atoms with Gasteiger partial charge in [-0.25, -0.2) is 4.39 Å². The summed E-state index contributed by atoms with van der Waals surface area (Å²) in [4.78, 5) is 12.7. The van der Waals surface area contributed by atoms with Crippen LogP contribution in [0.15, 0.2) is 12.1 Å². The minimum Gasteiger partial charge on any atom is -0.348 e. The number of hydrogen-bond acceptors (Lipinski definition) is 2. The van der Waals surface area contributed by atoms with Crippen LogP contribution in [0.5, 0.6) is 0 Å². The standard InChI is InChI=1S/C18H22Cl2FNO2S/c1-18(7-2-3-8-18)16(14-13(21)5-4-12(19)15(14)20)22-17(23)11-6-9-25(24)10-11/h4-5,11,16H,2-3,6-10H2,1H3,(H,22,23). The van der Waals surface area contributed by atoms with E-state index in [0.29, 0.717) is 17.9 Å². The molecule has 25 heavy (non-hydrogen) atoms. The lowest BCUT2D eigenvalue weighted by atomic mass is 9.76. The molecule has 0 radical (unpaired) electrons. The molecule has 0 bridgehead atoms. The van der Waals surface area contributed by atoms with E-state index in [9.17, 15) is 13.4 Å². The van der Waals surface area contributed by atoms with Crippen LogP contribution in [-0.4, -0.2) is 21.6 Å². The van der Waals surface area contributed by atoms with Crippen LogP contribution in [0, 0.1) is 17.2 Å². The molecule has 2 aliphatic rings. The van der Waals surface area contributed by atoms with Gasteiger partial charge in [-0.3, -0.25) is 9.00 Å². The predicted molar refractivity (Wildman–Crippen MR) is 99.9 cm³/mol. The van der Waals surface area contributed by atoms with Gasteiger partial charge in [0, 0.05) is 27.9 Å². The summed E-state index contributed by atoms with van der Waals surface area (Å²) in [6, 6.07) is 2.19. The van der Waals surface area contributed by atoms with Crippen molar-refractivity contribution in [3.8, 4) is 0 Å². The summed E-state index contributed by atoms with van der Waals surface area (Å²) >= 11 is 12.4. The Labute approximate surface area is 160 Å². The molecule has 3 atom stereocenters. The Bertz CT molecular complexity index is 707. The van der Waals surface area contributed by atoms with Crippen molar-refractivity contribution in [2.45, 2.75) is 45.1 Å². The van der Waals surface area contributed by atoms with Crippen molar-refractivity contribution < 1.29 is 13.4 Å². The van der Waals surface area contributed by atoms with Gasteiger partial charge in [-0.05, 0) is 36.8 Å². The number of halogens is 3. The number of benzene rings is 1. The van der Waals surface area contributed by atoms with E-state index in [4.69, 9.17) is 23.2 Å². The van der Waals surface area contributed by atoms with Crippen molar-refractivity contribution in [1.82, 2.24) is 5.32 Å². The van der Waals surface area contributed by atoms with E-state index in [1.54, 1.807) is 0 Å². The Morgan fingerprint density at radius 2 is 2.04 bits per heavy atom. The topological polar surface area (TPSA) is 46.2 Å². The van der Waals surface area contributed by atoms with Crippen LogP contribution in [0.1, 0.15) is 50.6 Å². The van der Waals surface area contributed by atoms with Gasteiger partial charge in [0.2, 0.25) is 5.91 Å². The molecular weight excluding hydrogens is 384 g/mol. The molecule has 1 aliphatic heterocycles. The van der Waals surface area contributed by atoms with Crippen molar-refractivity contribution in [2.75, 3.05) is 11.5 Å². The number of rotatable bonds is 4. The first-order valence-electron chi connectivity index (χ1n) is 8.60. The van der Waals surface area contributed by atoms with Crippen molar-refractivity contribution in [2.24, 2.45) is 11.3 Å². The number of amides is 1. The summed E-state index contributed by atoms with van der Waals surface area (Å²) in [5, 5.41) is 3.47. The zero-order valence-electron chi connectivity index (χ0n) is 14.1. The predicted octanol–water partition coefficient (Wildman–Crippen LogP) is 4.64. The average Bonchev–Trinajstić information content (AvgIpc) is 3.19. The molecule has 7 heteroatoms. The monoisotopic (exact) mass is 405 g/mol. The van der Waals surface area contributed by atoms with Gasteiger partial charge in [-0.2, -0.15) is 0 Å². The molecule has 1 heterocycles. The van der Waals surface area contributed by atoms with Crippen molar-refractivity contribution >= 4 is 39.9 Å². The molecule has 1 aliphatic carbocycles. The third-order valence-corrected chi connectivity index (χ3v) is 7.83. The normalized spacial score (nSPS) is 26.6. The molecule has 1 N–H and O–H groups in total. The summed E-state index contributed by atoms with van der Waals surface area (Å²) in [6.45, 7) is 2.06. The summed E-state index contributed by atoms with van der Waals surface area (Å²) in [5.74, 6) is 0.0180. The van der Waals surface area contributed by atoms with Crippen LogP contribution in [0.25, 0.3) is 0 Å². The molecule has 1 amide bonds. The van der Waals surface area contributed by atoms with Crippen LogP contribution in [0.2, 0.25) is 10.0 Å². The van der Waals surface area contributed by atoms with E-state index in [1.165, 1.54) is 12.1 Å². The molecule has 1 aromatic rings. The van der Waals surface area contributed by atoms with Crippen LogP contribution in [0.4, 0.5) is 4.39 Å². The molecule has 3 nitrogen and oxygen atoms in total. The number of nitrogens with one attached hydrogen (secondary N) is 1. The van der Waals surface area contributed by atoms with Crippen molar-refractivity contribution in [1.29, 1.82) is 0 Å². The van der Waals surface area contributed by atoms with Gasteiger partial charge in [0.1, 0.15) is 5.82 Å². The summed E-state index contributed by atoms with van der Waals surface area (Å²) in [5.41, 5.74) is -0.00574. The van der Waals surface area contributed by atoms with E-state index in [0.717, 1.165) is 25.7 Å². The Morgan fingerprint density at radius 1 is 1.36 bits per heavy atom. The quantitative estimate of drug-likeness (QED) is 0.741. The van der Waals surface area contributed by atoms with Gasteiger partial charge in [-0.15, -0.1) is 0 Å². The Morgan fingerprint density at radius 3 is 2.64 bits per heavy atom. The first kappa shape index (κ1) is 19.1. The number of carbonyl (C=O) groups is 1. The van der Waals surface area contributed by atoms with Gasteiger partial charge in [0.05, 0.1) is 22.0 Å². The maximum atomic E-state index is 14.7. The highest BCUT2D eigenvalue weighted by molar-refractivity contribution is 7.85. The number of carbonyl (C=O) groups excluding carboxylic acids is 1. The fourth-order valence-corrected chi connectivity index (χ4v) is 5.91. The second kappa shape index (κ2) is 7.53. The smallest absolute Gasteiger partial charge is 0.224 e. The van der Waals surface area contributed by atoms with Crippen molar-refractivity contribution in [3.05, 3.63) is 33.6 Å². The molecule has 1 saturated heterocycles. The van der Waals surface area contributed by atoms with E-state index in [2.05, 4.69) is 12.2 Å². The summed E-state index contributed by atoms with van der Waals surface area (Å²) < 4.78 is 26.3. The lowest BCUT2D eigenvalue weighted by molar-refractivity contribution is -0.126. The molecule has 138 valence electrons. The Kier molecular flexibility index (Phi) is 5.76. The minimum atomic E-state index is -0.940. The fourth-order valence-electron chi connectivity index (χ4n) is 4.01. The van der Waals surface area contributed by atoms with Gasteiger partial charge in [0.25, 0.3) is 0 Å². The maximum absolute atomic E-state index is 14.7. The zero-order chi connectivity index (χ0) is 18.2. The highest BCUT2D eigenvalue weighted by Crippen LogP contribution is 2.50. The first-order valence-corrected chi connectivity index (χ1v) is 10.8. The molecule has 1 saturated carbocycles. The fraction of sp³-hybridized carbons (Fsp3) is 0.611. The van der Waals surface area contributed by atoms with E-state index < -0.39 is 22.7 Å². The highest BCUT2D eigenvalue weighted by atomic mass is 35.5. The maximum Gasteiger partial charge on any atom is 0.224 e.